The van der Waals surface area contributed by atoms with Gasteiger partial charge < -0.3 is 5.73 Å². The molecule has 1 aromatic carbocycles. The molecule has 6 heteroatoms. The summed E-state index contributed by atoms with van der Waals surface area (Å²) >= 11 is 0. The monoisotopic (exact) mass is 258 g/mol. The normalized spacial score (nSPS) is 17.5. The van der Waals surface area contributed by atoms with Crippen LogP contribution in [0.15, 0.2) is 17.0 Å². The molecule has 1 saturated heterocycles. The molecule has 1 aromatic rings. The van der Waals surface area contributed by atoms with Gasteiger partial charge in [-0.05, 0) is 37.5 Å². The lowest BCUT2D eigenvalue weighted by molar-refractivity contribution is 0.469. The Morgan fingerprint density at radius 3 is 2.47 bits per heavy atom. The molecule has 94 valence electrons. The van der Waals surface area contributed by atoms with E-state index in [9.17, 15) is 12.8 Å². The zero-order valence-electron chi connectivity index (χ0n) is 9.61. The number of sulfonamides is 1. The number of anilines is 1. The van der Waals surface area contributed by atoms with E-state index < -0.39 is 15.8 Å². The minimum atomic E-state index is -3.74. The highest BCUT2D eigenvalue weighted by Crippen LogP contribution is 2.26. The minimum Gasteiger partial charge on any atom is -0.399 e. The number of hydrogen-bond acceptors (Lipinski definition) is 3. The van der Waals surface area contributed by atoms with Gasteiger partial charge in [-0.1, -0.05) is 0 Å². The molecule has 1 aliphatic heterocycles. The van der Waals surface area contributed by atoms with Crippen molar-refractivity contribution in [1.82, 2.24) is 4.31 Å². The molecule has 1 aliphatic rings. The molecule has 0 aliphatic carbocycles. The molecule has 0 amide bonds. The van der Waals surface area contributed by atoms with Crippen LogP contribution in [0.3, 0.4) is 0 Å². The number of rotatable bonds is 2. The predicted molar refractivity (Wildman–Crippen MR) is 63.5 cm³/mol. The summed E-state index contributed by atoms with van der Waals surface area (Å²) in [5, 5.41) is 0. The van der Waals surface area contributed by atoms with Crippen LogP contribution in [0.4, 0.5) is 10.1 Å². The lowest BCUT2D eigenvalue weighted by Crippen LogP contribution is -2.28. The van der Waals surface area contributed by atoms with Crippen molar-refractivity contribution in [2.24, 2.45) is 0 Å². The summed E-state index contributed by atoms with van der Waals surface area (Å²) in [6, 6.07) is 2.62. The molecule has 1 heterocycles. The first-order valence-electron chi connectivity index (χ1n) is 5.48. The molecule has 1 fully saturated rings. The third-order valence-corrected chi connectivity index (χ3v) is 4.82. The summed E-state index contributed by atoms with van der Waals surface area (Å²) in [7, 11) is -3.74. The standard InChI is InChI=1S/C11H15FN2O2S/c1-8-6-9(13)7-10(11(8)12)17(15,16)14-4-2-3-5-14/h6-7H,2-5,13H2,1H3. The Kier molecular flexibility index (Phi) is 3.09. The van der Waals surface area contributed by atoms with Gasteiger partial charge in [0.25, 0.3) is 0 Å². The zero-order chi connectivity index (χ0) is 12.6. The molecular formula is C11H15FN2O2S. The van der Waals surface area contributed by atoms with Crippen LogP contribution in [0, 0.1) is 12.7 Å². The van der Waals surface area contributed by atoms with E-state index in [1.165, 1.54) is 23.4 Å². The van der Waals surface area contributed by atoms with Crippen LogP contribution in [0.25, 0.3) is 0 Å². The number of aryl methyl sites for hydroxylation is 1. The number of nitrogens with two attached hydrogens (primary N) is 1. The Bertz CT molecular complexity index is 537. The third-order valence-electron chi connectivity index (χ3n) is 2.93. The van der Waals surface area contributed by atoms with Crippen LogP contribution in [0.5, 0.6) is 0 Å². The van der Waals surface area contributed by atoms with Gasteiger partial charge in [-0.3, -0.25) is 0 Å². The maximum atomic E-state index is 13.9. The highest BCUT2D eigenvalue weighted by Gasteiger charge is 2.30. The first-order chi connectivity index (χ1) is 7.93. The van der Waals surface area contributed by atoms with Crippen LogP contribution in [0.1, 0.15) is 18.4 Å². The van der Waals surface area contributed by atoms with E-state index in [1.54, 1.807) is 0 Å². The van der Waals surface area contributed by atoms with Crippen LogP contribution < -0.4 is 5.73 Å². The van der Waals surface area contributed by atoms with Gasteiger partial charge in [0.1, 0.15) is 10.7 Å². The fourth-order valence-corrected chi connectivity index (χ4v) is 3.71. The van der Waals surface area contributed by atoms with Crippen molar-refractivity contribution in [3.63, 3.8) is 0 Å². The van der Waals surface area contributed by atoms with Gasteiger partial charge in [0, 0.05) is 18.8 Å². The number of nitrogen functional groups attached to an aromatic ring is 1. The number of benzene rings is 1. The largest absolute Gasteiger partial charge is 0.399 e. The topological polar surface area (TPSA) is 63.4 Å². The quantitative estimate of drug-likeness (QED) is 0.818. The molecule has 0 aromatic heterocycles. The summed E-state index contributed by atoms with van der Waals surface area (Å²) < 4.78 is 39.6. The first kappa shape index (κ1) is 12.3. The Morgan fingerprint density at radius 1 is 1.29 bits per heavy atom. The average molecular weight is 258 g/mol. The van der Waals surface area contributed by atoms with E-state index in [2.05, 4.69) is 0 Å². The number of halogens is 1. The van der Waals surface area contributed by atoms with E-state index in [4.69, 9.17) is 5.73 Å². The predicted octanol–water partition coefficient (Wildman–Crippen LogP) is 1.50. The number of hydrogen-bond donors (Lipinski definition) is 1. The molecule has 0 unspecified atom stereocenters. The van der Waals surface area contributed by atoms with E-state index in [1.807, 2.05) is 0 Å². The summed E-state index contributed by atoms with van der Waals surface area (Å²) in [6.45, 7) is 2.42. The minimum absolute atomic E-state index is 0.253. The SMILES string of the molecule is Cc1cc(N)cc(S(=O)(=O)N2CCCC2)c1F. The molecule has 17 heavy (non-hydrogen) atoms. The van der Waals surface area contributed by atoms with Crippen molar-refractivity contribution in [2.45, 2.75) is 24.7 Å². The maximum absolute atomic E-state index is 13.9. The Morgan fingerprint density at radius 2 is 1.88 bits per heavy atom. The van der Waals surface area contributed by atoms with E-state index in [-0.39, 0.29) is 16.1 Å². The number of nitrogens with zero attached hydrogens (tertiary/aromatic N) is 1. The van der Waals surface area contributed by atoms with Crippen LogP contribution >= 0.6 is 0 Å². The van der Waals surface area contributed by atoms with Crippen molar-refractivity contribution in [3.8, 4) is 0 Å². The van der Waals surface area contributed by atoms with Gasteiger partial charge >= 0.3 is 0 Å². The lowest BCUT2D eigenvalue weighted by Gasteiger charge is -2.17. The lowest BCUT2D eigenvalue weighted by atomic mass is 10.2. The Labute approximate surface area is 100 Å². The highest BCUT2D eigenvalue weighted by molar-refractivity contribution is 7.89. The van der Waals surface area contributed by atoms with Crippen molar-refractivity contribution in [1.29, 1.82) is 0 Å². The van der Waals surface area contributed by atoms with Crippen LogP contribution in [0.2, 0.25) is 0 Å². The molecule has 0 radical (unpaired) electrons. The first-order valence-corrected chi connectivity index (χ1v) is 6.92. The second kappa shape index (κ2) is 4.27. The van der Waals surface area contributed by atoms with Crippen molar-refractivity contribution in [2.75, 3.05) is 18.8 Å². The summed E-state index contributed by atoms with van der Waals surface area (Å²) in [5.74, 6) is -0.703. The van der Waals surface area contributed by atoms with E-state index in [0.717, 1.165) is 12.8 Å². The fourth-order valence-electron chi connectivity index (χ4n) is 2.02. The van der Waals surface area contributed by atoms with Gasteiger partial charge in [-0.2, -0.15) is 4.31 Å². The zero-order valence-corrected chi connectivity index (χ0v) is 10.4. The molecule has 0 bridgehead atoms. The molecule has 2 N–H and O–H groups in total. The second-order valence-electron chi connectivity index (χ2n) is 4.26. The van der Waals surface area contributed by atoms with E-state index in [0.29, 0.717) is 13.1 Å². The fraction of sp³-hybridized carbons (Fsp3) is 0.455. The maximum Gasteiger partial charge on any atom is 0.246 e. The van der Waals surface area contributed by atoms with Gasteiger partial charge in [0.15, 0.2) is 0 Å². The summed E-state index contributed by atoms with van der Waals surface area (Å²) in [4.78, 5) is -0.308. The molecular weight excluding hydrogens is 243 g/mol. The molecule has 0 spiro atoms. The van der Waals surface area contributed by atoms with Crippen molar-refractivity contribution in [3.05, 3.63) is 23.5 Å². The summed E-state index contributed by atoms with van der Waals surface area (Å²) in [6.07, 6.45) is 1.64. The summed E-state index contributed by atoms with van der Waals surface area (Å²) in [5.41, 5.74) is 6.09. The molecule has 2 rings (SSSR count). The second-order valence-corrected chi connectivity index (χ2v) is 6.17. The Balaban J connectivity index is 2.52. The van der Waals surface area contributed by atoms with Crippen LogP contribution in [-0.4, -0.2) is 25.8 Å². The van der Waals surface area contributed by atoms with Crippen molar-refractivity contribution >= 4 is 15.7 Å². The average Bonchev–Trinajstić information content (AvgIpc) is 2.76. The highest BCUT2D eigenvalue weighted by atomic mass is 32.2. The van der Waals surface area contributed by atoms with Crippen molar-refractivity contribution < 1.29 is 12.8 Å². The molecule has 0 saturated carbocycles. The Hall–Kier alpha value is -1.14. The smallest absolute Gasteiger partial charge is 0.246 e. The molecule has 0 atom stereocenters. The van der Waals surface area contributed by atoms with Gasteiger partial charge in [-0.15, -0.1) is 0 Å². The van der Waals surface area contributed by atoms with Gasteiger partial charge in [-0.25, -0.2) is 12.8 Å². The van der Waals surface area contributed by atoms with E-state index >= 15 is 0 Å². The molecule has 4 nitrogen and oxygen atoms in total. The third kappa shape index (κ3) is 2.14. The van der Waals surface area contributed by atoms with Gasteiger partial charge in [0.05, 0.1) is 0 Å². The van der Waals surface area contributed by atoms with Gasteiger partial charge in [0.2, 0.25) is 10.0 Å². The van der Waals surface area contributed by atoms with Crippen LogP contribution in [-0.2, 0) is 10.0 Å².